The van der Waals surface area contributed by atoms with Crippen LogP contribution in [0.15, 0.2) is 45.7 Å². The normalized spacial score (nSPS) is 11.2. The number of fused-ring (bicyclic) bond motifs is 1. The number of nitrogens with one attached hydrogen (secondary N) is 1. The van der Waals surface area contributed by atoms with E-state index in [4.69, 9.17) is 13.9 Å². The number of hydrogen-bond acceptors (Lipinski definition) is 5. The Hall–Kier alpha value is -2.11. The fourth-order valence-corrected chi connectivity index (χ4v) is 2.14. The first-order valence-corrected chi connectivity index (χ1v) is 6.55. The van der Waals surface area contributed by atoms with Gasteiger partial charge in [0.05, 0.1) is 19.2 Å². The first kappa shape index (κ1) is 12.9. The lowest BCUT2D eigenvalue weighted by Crippen LogP contribution is -2.17. The van der Waals surface area contributed by atoms with Crippen molar-refractivity contribution in [3.63, 3.8) is 0 Å². The van der Waals surface area contributed by atoms with E-state index >= 15 is 0 Å². The number of oxazole rings is 1. The van der Waals surface area contributed by atoms with Gasteiger partial charge in [0, 0.05) is 18.5 Å². The predicted molar refractivity (Wildman–Crippen MR) is 74.3 cm³/mol. The molecule has 0 saturated heterocycles. The van der Waals surface area contributed by atoms with Gasteiger partial charge >= 0.3 is 0 Å². The van der Waals surface area contributed by atoms with Gasteiger partial charge in [-0.15, -0.1) is 0 Å². The third kappa shape index (κ3) is 2.89. The highest BCUT2D eigenvalue weighted by Crippen LogP contribution is 2.22. The SMILES string of the molecule is OCCNCc1ccc2cc(Cc3cnco3)oc2c1. The Labute approximate surface area is 116 Å². The minimum Gasteiger partial charge on any atom is -0.461 e. The lowest BCUT2D eigenvalue weighted by molar-refractivity contribution is 0.292. The second-order valence-corrected chi connectivity index (χ2v) is 4.63. The van der Waals surface area contributed by atoms with Crippen molar-refractivity contribution in [1.29, 1.82) is 0 Å². The van der Waals surface area contributed by atoms with Gasteiger partial charge in [-0.3, -0.25) is 0 Å². The number of aromatic nitrogens is 1. The Balaban J connectivity index is 1.76. The zero-order chi connectivity index (χ0) is 13.8. The van der Waals surface area contributed by atoms with E-state index in [1.54, 1.807) is 6.20 Å². The maximum Gasteiger partial charge on any atom is 0.180 e. The molecule has 2 heterocycles. The van der Waals surface area contributed by atoms with E-state index in [1.165, 1.54) is 6.39 Å². The van der Waals surface area contributed by atoms with E-state index in [0.717, 1.165) is 28.1 Å². The summed E-state index contributed by atoms with van der Waals surface area (Å²) in [5, 5.41) is 13.0. The van der Waals surface area contributed by atoms with Crippen molar-refractivity contribution in [1.82, 2.24) is 10.3 Å². The smallest absolute Gasteiger partial charge is 0.180 e. The minimum atomic E-state index is 0.143. The van der Waals surface area contributed by atoms with Crippen molar-refractivity contribution in [3.8, 4) is 0 Å². The van der Waals surface area contributed by atoms with Crippen LogP contribution in [-0.2, 0) is 13.0 Å². The fraction of sp³-hybridized carbons (Fsp3) is 0.267. The molecule has 2 N–H and O–H groups in total. The summed E-state index contributed by atoms with van der Waals surface area (Å²) >= 11 is 0. The summed E-state index contributed by atoms with van der Waals surface area (Å²) in [5.74, 6) is 1.64. The van der Waals surface area contributed by atoms with Crippen molar-refractivity contribution in [2.24, 2.45) is 0 Å². The van der Waals surface area contributed by atoms with Crippen LogP contribution in [0.2, 0.25) is 0 Å². The van der Waals surface area contributed by atoms with Crippen LogP contribution in [-0.4, -0.2) is 23.2 Å². The Kier molecular flexibility index (Phi) is 3.80. The number of furan rings is 1. The molecule has 0 amide bonds. The molecule has 0 saturated carbocycles. The van der Waals surface area contributed by atoms with E-state index in [1.807, 2.05) is 18.2 Å². The third-order valence-corrected chi connectivity index (χ3v) is 3.09. The number of rotatable bonds is 6. The highest BCUT2D eigenvalue weighted by atomic mass is 16.4. The Morgan fingerprint density at radius 3 is 2.95 bits per heavy atom. The predicted octanol–water partition coefficient (Wildman–Crippen LogP) is 2.09. The highest BCUT2D eigenvalue weighted by molar-refractivity contribution is 5.78. The van der Waals surface area contributed by atoms with E-state index in [9.17, 15) is 0 Å². The summed E-state index contributed by atoms with van der Waals surface area (Å²) in [6.45, 7) is 1.45. The second-order valence-electron chi connectivity index (χ2n) is 4.63. The summed E-state index contributed by atoms with van der Waals surface area (Å²) in [5.41, 5.74) is 1.99. The van der Waals surface area contributed by atoms with E-state index in [-0.39, 0.29) is 6.61 Å². The van der Waals surface area contributed by atoms with Crippen molar-refractivity contribution >= 4 is 11.0 Å². The summed E-state index contributed by atoms with van der Waals surface area (Å²) in [6.07, 6.45) is 3.72. The van der Waals surface area contributed by atoms with Crippen LogP contribution in [0.4, 0.5) is 0 Å². The van der Waals surface area contributed by atoms with Crippen molar-refractivity contribution in [2.45, 2.75) is 13.0 Å². The van der Waals surface area contributed by atoms with Gasteiger partial charge in [0.25, 0.3) is 0 Å². The Morgan fingerprint density at radius 2 is 2.15 bits per heavy atom. The van der Waals surface area contributed by atoms with E-state index < -0.39 is 0 Å². The maximum absolute atomic E-state index is 8.75. The Bertz CT molecular complexity index is 674. The van der Waals surface area contributed by atoms with Gasteiger partial charge in [0.1, 0.15) is 17.1 Å². The lowest BCUT2D eigenvalue weighted by atomic mass is 10.1. The standard InChI is InChI=1S/C15H16N2O3/c18-4-3-16-8-11-1-2-12-6-13(20-15(12)5-11)7-14-9-17-10-19-14/h1-2,5-6,9-10,16,18H,3-4,7-8H2. The number of aliphatic hydroxyl groups excluding tert-OH is 1. The molecule has 0 spiro atoms. The zero-order valence-electron chi connectivity index (χ0n) is 11.0. The molecule has 104 valence electrons. The average molecular weight is 272 g/mol. The summed E-state index contributed by atoms with van der Waals surface area (Å²) in [4.78, 5) is 3.89. The third-order valence-electron chi connectivity index (χ3n) is 3.09. The highest BCUT2D eigenvalue weighted by Gasteiger charge is 2.07. The van der Waals surface area contributed by atoms with Crippen LogP contribution in [0.25, 0.3) is 11.0 Å². The molecular weight excluding hydrogens is 256 g/mol. The summed E-state index contributed by atoms with van der Waals surface area (Å²) < 4.78 is 11.0. The largest absolute Gasteiger partial charge is 0.461 e. The quantitative estimate of drug-likeness (QED) is 0.672. The van der Waals surface area contributed by atoms with Crippen molar-refractivity contribution in [2.75, 3.05) is 13.2 Å². The molecule has 2 aromatic heterocycles. The van der Waals surface area contributed by atoms with Crippen LogP contribution in [0.5, 0.6) is 0 Å². The molecule has 5 heteroatoms. The van der Waals surface area contributed by atoms with Gasteiger partial charge in [-0.25, -0.2) is 4.98 Å². The van der Waals surface area contributed by atoms with Gasteiger partial charge < -0.3 is 19.3 Å². The molecule has 1 aromatic carbocycles. The second kappa shape index (κ2) is 5.90. The van der Waals surface area contributed by atoms with Crippen molar-refractivity contribution in [3.05, 3.63) is 53.9 Å². The lowest BCUT2D eigenvalue weighted by Gasteiger charge is -2.02. The molecule has 0 atom stereocenters. The molecule has 0 unspecified atom stereocenters. The first-order chi connectivity index (χ1) is 9.85. The summed E-state index contributed by atoms with van der Waals surface area (Å²) in [6, 6.07) is 8.13. The van der Waals surface area contributed by atoms with Gasteiger partial charge in [-0.2, -0.15) is 0 Å². The molecule has 5 nitrogen and oxygen atoms in total. The molecule has 0 bridgehead atoms. The summed E-state index contributed by atoms with van der Waals surface area (Å²) in [7, 11) is 0. The molecule has 3 rings (SSSR count). The van der Waals surface area contributed by atoms with Gasteiger partial charge in [0.15, 0.2) is 6.39 Å². The average Bonchev–Trinajstić information content (AvgIpc) is 3.08. The Morgan fingerprint density at radius 1 is 1.20 bits per heavy atom. The molecule has 3 aromatic rings. The first-order valence-electron chi connectivity index (χ1n) is 6.55. The number of nitrogens with zero attached hydrogens (tertiary/aromatic N) is 1. The fourth-order valence-electron chi connectivity index (χ4n) is 2.14. The van der Waals surface area contributed by atoms with Gasteiger partial charge in [-0.1, -0.05) is 12.1 Å². The molecule has 0 aliphatic carbocycles. The topological polar surface area (TPSA) is 71.4 Å². The molecule has 0 aliphatic heterocycles. The number of hydrogen-bond donors (Lipinski definition) is 2. The van der Waals surface area contributed by atoms with E-state index in [2.05, 4.69) is 16.4 Å². The number of aliphatic hydroxyl groups is 1. The van der Waals surface area contributed by atoms with Crippen molar-refractivity contribution < 1.29 is 13.9 Å². The van der Waals surface area contributed by atoms with Crippen LogP contribution in [0.1, 0.15) is 17.1 Å². The zero-order valence-corrected chi connectivity index (χ0v) is 11.0. The minimum absolute atomic E-state index is 0.143. The van der Waals surface area contributed by atoms with E-state index in [0.29, 0.717) is 19.5 Å². The molecular formula is C15H16N2O3. The molecule has 0 fully saturated rings. The molecule has 20 heavy (non-hydrogen) atoms. The van der Waals surface area contributed by atoms with Gasteiger partial charge in [-0.05, 0) is 17.7 Å². The maximum atomic E-state index is 8.75. The molecule has 0 aliphatic rings. The molecule has 0 radical (unpaired) electrons. The number of benzene rings is 1. The van der Waals surface area contributed by atoms with Crippen LogP contribution >= 0.6 is 0 Å². The van der Waals surface area contributed by atoms with Crippen LogP contribution in [0.3, 0.4) is 0 Å². The monoisotopic (exact) mass is 272 g/mol. The van der Waals surface area contributed by atoms with Gasteiger partial charge in [0.2, 0.25) is 0 Å². The van der Waals surface area contributed by atoms with Crippen LogP contribution < -0.4 is 5.32 Å². The van der Waals surface area contributed by atoms with Crippen LogP contribution in [0, 0.1) is 0 Å².